The summed E-state index contributed by atoms with van der Waals surface area (Å²) >= 11 is 0. The van der Waals surface area contributed by atoms with Gasteiger partial charge in [-0.25, -0.2) is 8.42 Å². The highest BCUT2D eigenvalue weighted by atomic mass is 32.2. The van der Waals surface area contributed by atoms with E-state index in [1.54, 1.807) is 29.2 Å². The summed E-state index contributed by atoms with van der Waals surface area (Å²) in [7, 11) is -3.70. The quantitative estimate of drug-likeness (QED) is 0.858. The lowest BCUT2D eigenvalue weighted by Gasteiger charge is -2.34. The molecular weight excluding hydrogens is 340 g/mol. The number of hydrogen-bond acceptors (Lipinski definition) is 5. The van der Waals surface area contributed by atoms with Crippen LogP contribution in [0.2, 0.25) is 0 Å². The average molecular weight is 360 g/mol. The van der Waals surface area contributed by atoms with E-state index in [1.807, 2.05) is 6.92 Å². The number of carbonyl (C=O) groups excluding carboxylic acids is 1. The van der Waals surface area contributed by atoms with Crippen molar-refractivity contribution in [3.63, 3.8) is 0 Å². The molecule has 2 aromatic rings. The fourth-order valence-corrected chi connectivity index (χ4v) is 3.78. The summed E-state index contributed by atoms with van der Waals surface area (Å²) in [4.78, 5) is 18.3. The van der Waals surface area contributed by atoms with Crippen molar-refractivity contribution in [1.82, 2.24) is 15.2 Å². The highest BCUT2D eigenvalue weighted by molar-refractivity contribution is 7.92. The fraction of sp³-hybridized carbons (Fsp3) is 0.294. The van der Waals surface area contributed by atoms with Gasteiger partial charge in [0.25, 0.3) is 15.9 Å². The predicted octanol–water partition coefficient (Wildman–Crippen LogP) is 1.32. The molecule has 1 amide bonds. The van der Waals surface area contributed by atoms with Crippen LogP contribution in [-0.2, 0) is 10.0 Å². The Morgan fingerprint density at radius 2 is 1.88 bits per heavy atom. The molecule has 0 radical (unpaired) electrons. The Morgan fingerprint density at radius 1 is 1.20 bits per heavy atom. The van der Waals surface area contributed by atoms with Crippen molar-refractivity contribution >= 4 is 21.6 Å². The van der Waals surface area contributed by atoms with Gasteiger partial charge in [-0.15, -0.1) is 0 Å². The van der Waals surface area contributed by atoms with Crippen molar-refractivity contribution in [3.05, 3.63) is 54.4 Å². The molecule has 1 aliphatic rings. The van der Waals surface area contributed by atoms with E-state index in [1.165, 1.54) is 24.5 Å². The maximum absolute atomic E-state index is 12.6. The molecule has 1 fully saturated rings. The molecule has 1 atom stereocenters. The molecule has 1 aliphatic heterocycles. The molecule has 0 unspecified atom stereocenters. The van der Waals surface area contributed by atoms with E-state index in [0.717, 1.165) is 13.1 Å². The molecule has 0 bridgehead atoms. The van der Waals surface area contributed by atoms with Crippen LogP contribution < -0.4 is 10.0 Å². The number of rotatable bonds is 4. The molecule has 2 N–H and O–H groups in total. The summed E-state index contributed by atoms with van der Waals surface area (Å²) in [6.45, 7) is 4.15. The van der Waals surface area contributed by atoms with Crippen LogP contribution in [-0.4, -0.2) is 49.9 Å². The van der Waals surface area contributed by atoms with Crippen molar-refractivity contribution in [2.24, 2.45) is 0 Å². The van der Waals surface area contributed by atoms with Crippen molar-refractivity contribution in [3.8, 4) is 0 Å². The molecule has 8 heteroatoms. The maximum atomic E-state index is 12.6. The van der Waals surface area contributed by atoms with Crippen LogP contribution in [0.4, 0.5) is 5.69 Å². The van der Waals surface area contributed by atoms with Gasteiger partial charge in [-0.3, -0.25) is 14.5 Å². The zero-order valence-electron chi connectivity index (χ0n) is 13.8. The SMILES string of the molecule is C[C@H]1CNCCN1C(=O)c1ccc(S(=O)(=O)Nc2ccncc2)cc1. The summed E-state index contributed by atoms with van der Waals surface area (Å²) in [5.41, 5.74) is 0.918. The largest absolute Gasteiger partial charge is 0.333 e. The molecule has 1 aromatic heterocycles. The number of hydrogen-bond donors (Lipinski definition) is 2. The number of anilines is 1. The minimum absolute atomic E-state index is 0.0833. The van der Waals surface area contributed by atoms with Gasteiger partial charge in [0.2, 0.25) is 0 Å². The summed E-state index contributed by atoms with van der Waals surface area (Å²) < 4.78 is 27.3. The molecule has 0 spiro atoms. The third-order valence-corrected chi connectivity index (χ3v) is 5.50. The third-order valence-electron chi connectivity index (χ3n) is 4.11. The Labute approximate surface area is 147 Å². The van der Waals surface area contributed by atoms with Crippen LogP contribution in [0.15, 0.2) is 53.7 Å². The monoisotopic (exact) mass is 360 g/mol. The summed E-state index contributed by atoms with van der Waals surface area (Å²) in [6, 6.07) is 9.25. The number of sulfonamides is 1. The van der Waals surface area contributed by atoms with Crippen LogP contribution in [0, 0.1) is 0 Å². The van der Waals surface area contributed by atoms with E-state index >= 15 is 0 Å². The van der Waals surface area contributed by atoms with Gasteiger partial charge < -0.3 is 10.2 Å². The summed E-state index contributed by atoms with van der Waals surface area (Å²) in [5.74, 6) is -0.0833. The highest BCUT2D eigenvalue weighted by Gasteiger charge is 2.24. The Kier molecular flexibility index (Phi) is 5.00. The van der Waals surface area contributed by atoms with Gasteiger partial charge in [0, 0.05) is 43.6 Å². The number of nitrogens with zero attached hydrogens (tertiary/aromatic N) is 2. The highest BCUT2D eigenvalue weighted by Crippen LogP contribution is 2.17. The topological polar surface area (TPSA) is 91.4 Å². The van der Waals surface area contributed by atoms with Crippen LogP contribution in [0.1, 0.15) is 17.3 Å². The Morgan fingerprint density at radius 3 is 2.52 bits per heavy atom. The van der Waals surface area contributed by atoms with Gasteiger partial charge in [-0.05, 0) is 43.3 Å². The Bertz CT molecular complexity index is 838. The number of benzene rings is 1. The minimum Gasteiger partial charge on any atom is -0.333 e. The van der Waals surface area contributed by atoms with Gasteiger partial charge in [-0.2, -0.15) is 0 Å². The zero-order chi connectivity index (χ0) is 17.9. The number of piperazine rings is 1. The molecule has 1 saturated heterocycles. The Balaban J connectivity index is 1.76. The van der Waals surface area contributed by atoms with Gasteiger partial charge in [0.05, 0.1) is 10.6 Å². The lowest BCUT2D eigenvalue weighted by Crippen LogP contribution is -2.52. The molecule has 2 heterocycles. The van der Waals surface area contributed by atoms with Crippen molar-refractivity contribution in [1.29, 1.82) is 0 Å². The van der Waals surface area contributed by atoms with Crippen LogP contribution >= 0.6 is 0 Å². The molecule has 0 aliphatic carbocycles. The van der Waals surface area contributed by atoms with Gasteiger partial charge in [0.15, 0.2) is 0 Å². The maximum Gasteiger partial charge on any atom is 0.261 e. The van der Waals surface area contributed by atoms with Gasteiger partial charge in [0.1, 0.15) is 0 Å². The lowest BCUT2D eigenvalue weighted by atomic mass is 10.1. The average Bonchev–Trinajstić information content (AvgIpc) is 2.62. The molecule has 3 rings (SSSR count). The first-order valence-electron chi connectivity index (χ1n) is 8.02. The number of nitrogens with one attached hydrogen (secondary N) is 2. The van der Waals surface area contributed by atoms with Crippen molar-refractivity contribution in [2.75, 3.05) is 24.4 Å². The van der Waals surface area contributed by atoms with Crippen LogP contribution in [0.5, 0.6) is 0 Å². The molecule has 25 heavy (non-hydrogen) atoms. The van der Waals surface area contributed by atoms with Gasteiger partial charge in [-0.1, -0.05) is 0 Å². The summed E-state index contributed by atoms with van der Waals surface area (Å²) in [6.07, 6.45) is 3.02. The normalized spacial score (nSPS) is 18.0. The van der Waals surface area contributed by atoms with Crippen molar-refractivity contribution in [2.45, 2.75) is 17.9 Å². The van der Waals surface area contributed by atoms with E-state index in [-0.39, 0.29) is 16.8 Å². The molecular formula is C17H20N4O3S. The molecule has 7 nitrogen and oxygen atoms in total. The van der Waals surface area contributed by atoms with Gasteiger partial charge >= 0.3 is 0 Å². The lowest BCUT2D eigenvalue weighted by molar-refractivity contribution is 0.0655. The second kappa shape index (κ2) is 7.20. The number of carbonyl (C=O) groups is 1. The van der Waals surface area contributed by atoms with E-state index in [4.69, 9.17) is 0 Å². The zero-order valence-corrected chi connectivity index (χ0v) is 14.7. The molecule has 1 aromatic carbocycles. The van der Waals surface area contributed by atoms with Crippen LogP contribution in [0.3, 0.4) is 0 Å². The standard InChI is InChI=1S/C17H20N4O3S/c1-13-12-19-10-11-21(13)17(22)14-2-4-16(5-3-14)25(23,24)20-15-6-8-18-9-7-15/h2-9,13,19H,10-12H2,1H3,(H,18,20)/t13-/m0/s1. The minimum atomic E-state index is -3.70. The number of aromatic nitrogens is 1. The summed E-state index contributed by atoms with van der Waals surface area (Å²) in [5, 5.41) is 3.24. The first kappa shape index (κ1) is 17.4. The Hall–Kier alpha value is -2.45. The first-order valence-corrected chi connectivity index (χ1v) is 9.50. The van der Waals surface area contributed by atoms with E-state index in [0.29, 0.717) is 17.8 Å². The second-order valence-corrected chi connectivity index (χ2v) is 7.60. The fourth-order valence-electron chi connectivity index (χ4n) is 2.72. The first-order chi connectivity index (χ1) is 12.0. The smallest absolute Gasteiger partial charge is 0.261 e. The number of amides is 1. The van der Waals surface area contributed by atoms with Crippen molar-refractivity contribution < 1.29 is 13.2 Å². The van der Waals surface area contributed by atoms with Crippen LogP contribution in [0.25, 0.3) is 0 Å². The second-order valence-electron chi connectivity index (χ2n) is 5.92. The molecule has 0 saturated carbocycles. The van der Waals surface area contributed by atoms with E-state index in [2.05, 4.69) is 15.0 Å². The van der Waals surface area contributed by atoms with E-state index in [9.17, 15) is 13.2 Å². The number of pyridine rings is 1. The third kappa shape index (κ3) is 3.97. The predicted molar refractivity (Wildman–Crippen MR) is 94.9 cm³/mol. The van der Waals surface area contributed by atoms with E-state index < -0.39 is 10.0 Å². The molecule has 132 valence electrons.